The molecule has 15 heavy (non-hydrogen) atoms. The fourth-order valence-electron chi connectivity index (χ4n) is 1.13. The van der Waals surface area contributed by atoms with Gasteiger partial charge in [-0.2, -0.15) is 0 Å². The second-order valence-corrected chi connectivity index (χ2v) is 3.07. The van der Waals surface area contributed by atoms with Crippen LogP contribution >= 0.6 is 0 Å². The zero-order valence-electron chi connectivity index (χ0n) is 8.69. The SMILES string of the molecule is COCCCNC(=O)c1ccncc1N. The molecule has 3 N–H and O–H groups in total. The number of pyridine rings is 1. The van der Waals surface area contributed by atoms with Gasteiger partial charge in [0.1, 0.15) is 0 Å². The number of rotatable bonds is 5. The molecule has 0 aliphatic carbocycles. The number of anilines is 1. The van der Waals surface area contributed by atoms with E-state index in [2.05, 4.69) is 10.3 Å². The van der Waals surface area contributed by atoms with Crippen molar-refractivity contribution in [3.8, 4) is 0 Å². The number of aromatic nitrogens is 1. The lowest BCUT2D eigenvalue weighted by Crippen LogP contribution is -2.26. The Morgan fingerprint density at radius 2 is 2.47 bits per heavy atom. The molecule has 0 atom stereocenters. The van der Waals surface area contributed by atoms with Crippen molar-refractivity contribution >= 4 is 11.6 Å². The average molecular weight is 209 g/mol. The van der Waals surface area contributed by atoms with Gasteiger partial charge in [-0.05, 0) is 12.5 Å². The number of methoxy groups -OCH3 is 1. The largest absolute Gasteiger partial charge is 0.397 e. The van der Waals surface area contributed by atoms with Crippen molar-refractivity contribution < 1.29 is 9.53 Å². The maximum Gasteiger partial charge on any atom is 0.253 e. The van der Waals surface area contributed by atoms with Crippen LogP contribution in [0.5, 0.6) is 0 Å². The zero-order valence-corrected chi connectivity index (χ0v) is 8.69. The Hall–Kier alpha value is -1.62. The molecule has 0 saturated carbocycles. The number of nitrogens with one attached hydrogen (secondary N) is 1. The van der Waals surface area contributed by atoms with Gasteiger partial charge in [-0.1, -0.05) is 0 Å². The van der Waals surface area contributed by atoms with Crippen molar-refractivity contribution in [1.82, 2.24) is 10.3 Å². The summed E-state index contributed by atoms with van der Waals surface area (Å²) in [5.41, 5.74) is 6.45. The van der Waals surface area contributed by atoms with Crippen LogP contribution in [-0.4, -0.2) is 31.2 Å². The maximum atomic E-state index is 11.6. The Morgan fingerprint density at radius 1 is 1.67 bits per heavy atom. The van der Waals surface area contributed by atoms with E-state index in [1.165, 1.54) is 6.20 Å². The Balaban J connectivity index is 2.44. The molecule has 82 valence electrons. The number of nitrogens with two attached hydrogens (primary N) is 1. The summed E-state index contributed by atoms with van der Waals surface area (Å²) in [4.78, 5) is 15.4. The number of ether oxygens (including phenoxy) is 1. The molecule has 5 heteroatoms. The van der Waals surface area contributed by atoms with E-state index >= 15 is 0 Å². The molecule has 1 rings (SSSR count). The molecule has 0 saturated heterocycles. The van der Waals surface area contributed by atoms with Gasteiger partial charge in [-0.15, -0.1) is 0 Å². The molecule has 1 aromatic rings. The van der Waals surface area contributed by atoms with E-state index in [1.807, 2.05) is 0 Å². The number of hydrogen-bond acceptors (Lipinski definition) is 4. The summed E-state index contributed by atoms with van der Waals surface area (Å²) < 4.78 is 4.87. The van der Waals surface area contributed by atoms with Crippen molar-refractivity contribution in [3.63, 3.8) is 0 Å². The summed E-state index contributed by atoms with van der Waals surface area (Å²) >= 11 is 0. The number of carbonyl (C=O) groups excluding carboxylic acids is 1. The lowest BCUT2D eigenvalue weighted by molar-refractivity contribution is 0.0949. The predicted molar refractivity (Wildman–Crippen MR) is 57.5 cm³/mol. The smallest absolute Gasteiger partial charge is 0.253 e. The third kappa shape index (κ3) is 3.55. The molecule has 1 heterocycles. The molecule has 0 bridgehead atoms. The van der Waals surface area contributed by atoms with Gasteiger partial charge in [0.25, 0.3) is 5.91 Å². The van der Waals surface area contributed by atoms with Gasteiger partial charge >= 0.3 is 0 Å². The first-order valence-corrected chi connectivity index (χ1v) is 4.72. The monoisotopic (exact) mass is 209 g/mol. The number of hydrogen-bond donors (Lipinski definition) is 2. The van der Waals surface area contributed by atoms with Gasteiger partial charge < -0.3 is 15.8 Å². The van der Waals surface area contributed by atoms with Crippen LogP contribution in [0.1, 0.15) is 16.8 Å². The topological polar surface area (TPSA) is 77.2 Å². The van der Waals surface area contributed by atoms with E-state index in [9.17, 15) is 4.79 Å². The third-order valence-corrected chi connectivity index (χ3v) is 1.91. The van der Waals surface area contributed by atoms with Gasteiger partial charge in [0, 0.05) is 26.5 Å². The predicted octanol–water partition coefficient (Wildman–Crippen LogP) is 0.430. The van der Waals surface area contributed by atoms with Gasteiger partial charge in [0.15, 0.2) is 0 Å². The van der Waals surface area contributed by atoms with Crippen LogP contribution in [0, 0.1) is 0 Å². The number of nitrogen functional groups attached to an aromatic ring is 1. The minimum Gasteiger partial charge on any atom is -0.397 e. The first-order valence-electron chi connectivity index (χ1n) is 4.72. The van der Waals surface area contributed by atoms with Crippen LogP contribution in [-0.2, 0) is 4.74 Å². The second kappa shape index (κ2) is 5.98. The van der Waals surface area contributed by atoms with Crippen molar-refractivity contribution in [2.24, 2.45) is 0 Å². The molecule has 5 nitrogen and oxygen atoms in total. The van der Waals surface area contributed by atoms with Crippen LogP contribution in [0.3, 0.4) is 0 Å². The van der Waals surface area contributed by atoms with E-state index in [0.29, 0.717) is 24.4 Å². The van der Waals surface area contributed by atoms with Crippen LogP contribution in [0.25, 0.3) is 0 Å². The van der Waals surface area contributed by atoms with Crippen molar-refractivity contribution in [2.45, 2.75) is 6.42 Å². The van der Waals surface area contributed by atoms with E-state index in [4.69, 9.17) is 10.5 Å². The molecule has 0 aliphatic heterocycles. The maximum absolute atomic E-state index is 11.6. The molecule has 0 aliphatic rings. The van der Waals surface area contributed by atoms with Crippen LogP contribution in [0.2, 0.25) is 0 Å². The lowest BCUT2D eigenvalue weighted by atomic mass is 10.2. The fourth-order valence-corrected chi connectivity index (χ4v) is 1.13. The van der Waals surface area contributed by atoms with E-state index in [1.54, 1.807) is 19.4 Å². The van der Waals surface area contributed by atoms with Gasteiger partial charge in [0.05, 0.1) is 17.4 Å². The van der Waals surface area contributed by atoms with E-state index in [-0.39, 0.29) is 5.91 Å². The Bertz CT molecular complexity index is 328. The zero-order chi connectivity index (χ0) is 11.1. The minimum atomic E-state index is -0.175. The lowest BCUT2D eigenvalue weighted by Gasteiger charge is -2.06. The Labute approximate surface area is 88.6 Å². The quantitative estimate of drug-likeness (QED) is 0.689. The normalized spacial score (nSPS) is 9.93. The van der Waals surface area contributed by atoms with Crippen molar-refractivity contribution in [3.05, 3.63) is 24.0 Å². The van der Waals surface area contributed by atoms with E-state index in [0.717, 1.165) is 6.42 Å². The highest BCUT2D eigenvalue weighted by Crippen LogP contribution is 2.07. The summed E-state index contributed by atoms with van der Waals surface area (Å²) in [6, 6.07) is 1.60. The first-order chi connectivity index (χ1) is 7.25. The number of nitrogens with zero attached hydrogens (tertiary/aromatic N) is 1. The van der Waals surface area contributed by atoms with Crippen molar-refractivity contribution in [1.29, 1.82) is 0 Å². The fraction of sp³-hybridized carbons (Fsp3) is 0.400. The van der Waals surface area contributed by atoms with Gasteiger partial charge in [-0.25, -0.2) is 0 Å². The van der Waals surface area contributed by atoms with Crippen molar-refractivity contribution in [2.75, 3.05) is 26.0 Å². The third-order valence-electron chi connectivity index (χ3n) is 1.91. The molecule has 0 aromatic carbocycles. The molecule has 0 fully saturated rings. The first kappa shape index (κ1) is 11.5. The summed E-state index contributed by atoms with van der Waals surface area (Å²) in [5.74, 6) is -0.175. The highest BCUT2D eigenvalue weighted by molar-refractivity contribution is 5.98. The van der Waals surface area contributed by atoms with Crippen LogP contribution in [0.4, 0.5) is 5.69 Å². The summed E-state index contributed by atoms with van der Waals surface area (Å²) in [6.45, 7) is 1.21. The Morgan fingerprint density at radius 3 is 3.13 bits per heavy atom. The molecule has 1 aromatic heterocycles. The van der Waals surface area contributed by atoms with Gasteiger partial charge in [0.2, 0.25) is 0 Å². The van der Waals surface area contributed by atoms with Crippen LogP contribution < -0.4 is 11.1 Å². The van der Waals surface area contributed by atoms with E-state index < -0.39 is 0 Å². The Kier molecular flexibility index (Phi) is 4.56. The van der Waals surface area contributed by atoms with Crippen LogP contribution in [0.15, 0.2) is 18.5 Å². The molecule has 0 spiro atoms. The number of carbonyl (C=O) groups is 1. The summed E-state index contributed by atoms with van der Waals surface area (Å²) in [6.07, 6.45) is 3.79. The second-order valence-electron chi connectivity index (χ2n) is 3.07. The molecular weight excluding hydrogens is 194 g/mol. The number of amides is 1. The highest BCUT2D eigenvalue weighted by atomic mass is 16.5. The standard InChI is InChI=1S/C10H15N3O2/c1-15-6-2-4-13-10(14)8-3-5-12-7-9(8)11/h3,5,7H,2,4,6,11H2,1H3,(H,13,14). The summed E-state index contributed by atoms with van der Waals surface area (Å²) in [5, 5.41) is 2.75. The molecule has 0 radical (unpaired) electrons. The van der Waals surface area contributed by atoms with Gasteiger partial charge in [-0.3, -0.25) is 9.78 Å². The molecular formula is C10H15N3O2. The summed E-state index contributed by atoms with van der Waals surface area (Å²) in [7, 11) is 1.63. The molecule has 1 amide bonds. The molecule has 0 unspecified atom stereocenters. The average Bonchev–Trinajstić information content (AvgIpc) is 2.25. The highest BCUT2D eigenvalue weighted by Gasteiger charge is 2.07. The minimum absolute atomic E-state index is 0.175.